The molecule has 2 aromatic rings. The molecule has 0 bridgehead atoms. The first-order chi connectivity index (χ1) is 11.0. The van der Waals surface area contributed by atoms with Crippen LogP contribution in [0.25, 0.3) is 0 Å². The maximum absolute atomic E-state index is 12.3. The fraction of sp³-hybridized carbons (Fsp3) is 0.400. The van der Waals surface area contributed by atoms with Crippen LogP contribution in [0.5, 0.6) is 11.8 Å². The fourth-order valence-corrected chi connectivity index (χ4v) is 2.20. The van der Waals surface area contributed by atoms with Crippen LogP contribution in [-0.4, -0.2) is 39.8 Å². The molecule has 0 fully saturated rings. The number of aromatic nitrogens is 2. The van der Waals surface area contributed by atoms with Crippen LogP contribution in [0.4, 0.5) is 5.13 Å². The highest BCUT2D eigenvalue weighted by atomic mass is 32.1. The predicted molar refractivity (Wildman–Crippen MR) is 87.2 cm³/mol. The molecule has 1 atom stereocenters. The van der Waals surface area contributed by atoms with Gasteiger partial charge in [-0.05, 0) is 20.8 Å². The van der Waals surface area contributed by atoms with E-state index in [1.54, 1.807) is 24.6 Å². The van der Waals surface area contributed by atoms with E-state index in [0.29, 0.717) is 10.7 Å². The molecule has 0 spiro atoms. The molecule has 8 heteroatoms. The van der Waals surface area contributed by atoms with Crippen molar-refractivity contribution in [3.8, 4) is 11.8 Å². The second-order valence-corrected chi connectivity index (χ2v) is 6.00. The summed E-state index contributed by atoms with van der Waals surface area (Å²) >= 11 is 1.33. The van der Waals surface area contributed by atoms with Crippen molar-refractivity contribution < 1.29 is 19.4 Å². The smallest absolute Gasteiger partial charge is 0.257 e. The van der Waals surface area contributed by atoms with Gasteiger partial charge in [0.1, 0.15) is 6.10 Å². The van der Waals surface area contributed by atoms with Crippen LogP contribution in [0.15, 0.2) is 23.7 Å². The van der Waals surface area contributed by atoms with Crippen molar-refractivity contribution in [2.75, 3.05) is 11.9 Å². The molecule has 0 radical (unpaired) electrons. The van der Waals surface area contributed by atoms with Crippen molar-refractivity contribution in [2.45, 2.75) is 33.0 Å². The number of ether oxygens (including phenoxy) is 2. The van der Waals surface area contributed by atoms with E-state index in [1.165, 1.54) is 17.4 Å². The van der Waals surface area contributed by atoms with Gasteiger partial charge in [0, 0.05) is 23.7 Å². The average Bonchev–Trinajstić information content (AvgIpc) is 2.99. The SMILES string of the molecule is CC(C)Oc1cc(C(=O)Nc2nccs2)cc(OC(C)CO)n1. The van der Waals surface area contributed by atoms with E-state index < -0.39 is 6.10 Å². The molecule has 124 valence electrons. The molecule has 0 aromatic carbocycles. The van der Waals surface area contributed by atoms with Gasteiger partial charge in [-0.1, -0.05) is 0 Å². The van der Waals surface area contributed by atoms with Crippen molar-refractivity contribution in [2.24, 2.45) is 0 Å². The van der Waals surface area contributed by atoms with Crippen LogP contribution < -0.4 is 14.8 Å². The molecule has 0 aliphatic heterocycles. The Morgan fingerprint density at radius 1 is 1.30 bits per heavy atom. The van der Waals surface area contributed by atoms with Gasteiger partial charge in [0.2, 0.25) is 11.8 Å². The lowest BCUT2D eigenvalue weighted by Crippen LogP contribution is -2.19. The van der Waals surface area contributed by atoms with Gasteiger partial charge in [0.15, 0.2) is 5.13 Å². The van der Waals surface area contributed by atoms with Gasteiger partial charge >= 0.3 is 0 Å². The van der Waals surface area contributed by atoms with E-state index >= 15 is 0 Å². The largest absolute Gasteiger partial charge is 0.475 e. The number of pyridine rings is 1. The van der Waals surface area contributed by atoms with Gasteiger partial charge < -0.3 is 14.6 Å². The number of amides is 1. The number of carbonyl (C=O) groups is 1. The molecule has 0 saturated heterocycles. The Morgan fingerprint density at radius 2 is 2.00 bits per heavy atom. The zero-order valence-electron chi connectivity index (χ0n) is 13.1. The number of anilines is 1. The number of hydrogen-bond acceptors (Lipinski definition) is 7. The highest BCUT2D eigenvalue weighted by Crippen LogP contribution is 2.21. The molecule has 2 aromatic heterocycles. The maximum atomic E-state index is 12.3. The predicted octanol–water partition coefficient (Wildman–Crippen LogP) is 2.34. The molecule has 23 heavy (non-hydrogen) atoms. The normalized spacial score (nSPS) is 12.0. The number of aliphatic hydroxyl groups excluding tert-OH is 1. The summed E-state index contributed by atoms with van der Waals surface area (Å²) in [6, 6.07) is 3.04. The number of carbonyl (C=O) groups excluding carboxylic acids is 1. The summed E-state index contributed by atoms with van der Waals surface area (Å²) < 4.78 is 11.0. The third kappa shape index (κ3) is 5.19. The van der Waals surface area contributed by atoms with Gasteiger partial charge in [-0.3, -0.25) is 10.1 Å². The molecule has 7 nitrogen and oxygen atoms in total. The van der Waals surface area contributed by atoms with Crippen molar-refractivity contribution >= 4 is 22.4 Å². The standard InChI is InChI=1S/C15H19N3O4S/c1-9(2)21-12-6-11(7-13(17-12)22-10(3)8-19)14(20)18-15-16-4-5-23-15/h4-7,9-10,19H,8H2,1-3H3,(H,16,18,20). The Hall–Kier alpha value is -2.19. The Kier molecular flexibility index (Phi) is 5.89. The number of thiazole rings is 1. The third-order valence-electron chi connectivity index (χ3n) is 2.63. The van der Waals surface area contributed by atoms with Crippen LogP contribution in [0, 0.1) is 0 Å². The maximum Gasteiger partial charge on any atom is 0.257 e. The lowest BCUT2D eigenvalue weighted by Gasteiger charge is -2.15. The number of nitrogens with one attached hydrogen (secondary N) is 1. The molecule has 1 unspecified atom stereocenters. The second-order valence-electron chi connectivity index (χ2n) is 5.10. The van der Waals surface area contributed by atoms with Crippen molar-refractivity contribution in [1.82, 2.24) is 9.97 Å². The minimum atomic E-state index is -0.438. The zero-order chi connectivity index (χ0) is 16.8. The lowest BCUT2D eigenvalue weighted by atomic mass is 10.2. The molecule has 2 N–H and O–H groups in total. The zero-order valence-corrected chi connectivity index (χ0v) is 14.0. The summed E-state index contributed by atoms with van der Waals surface area (Å²) in [4.78, 5) is 20.5. The van der Waals surface area contributed by atoms with Crippen molar-refractivity contribution in [3.63, 3.8) is 0 Å². The molecule has 2 heterocycles. The second kappa shape index (κ2) is 7.89. The van der Waals surface area contributed by atoms with E-state index in [1.807, 2.05) is 13.8 Å². The van der Waals surface area contributed by atoms with Crippen LogP contribution in [0.3, 0.4) is 0 Å². The summed E-state index contributed by atoms with van der Waals surface area (Å²) in [5, 5.41) is 14.1. The van der Waals surface area contributed by atoms with Gasteiger partial charge in [-0.15, -0.1) is 11.3 Å². The topological polar surface area (TPSA) is 93.6 Å². The molecule has 1 amide bonds. The minimum Gasteiger partial charge on any atom is -0.475 e. The third-order valence-corrected chi connectivity index (χ3v) is 3.32. The Morgan fingerprint density at radius 3 is 2.57 bits per heavy atom. The van der Waals surface area contributed by atoms with Gasteiger partial charge in [-0.2, -0.15) is 4.98 Å². The average molecular weight is 337 g/mol. The summed E-state index contributed by atoms with van der Waals surface area (Å²) in [7, 11) is 0. The molecule has 0 saturated carbocycles. The van der Waals surface area contributed by atoms with Gasteiger partial charge in [0.05, 0.1) is 18.3 Å². The first-order valence-electron chi connectivity index (χ1n) is 7.15. The summed E-state index contributed by atoms with van der Waals surface area (Å²) in [6.07, 6.45) is 1.08. The Bertz CT molecular complexity index is 646. The van der Waals surface area contributed by atoms with E-state index in [4.69, 9.17) is 14.6 Å². The summed E-state index contributed by atoms with van der Waals surface area (Å²) in [5.41, 5.74) is 0.339. The molecular formula is C15H19N3O4S. The lowest BCUT2D eigenvalue weighted by molar-refractivity contribution is 0.102. The van der Waals surface area contributed by atoms with Crippen molar-refractivity contribution in [3.05, 3.63) is 29.3 Å². The van der Waals surface area contributed by atoms with Crippen LogP contribution in [0.2, 0.25) is 0 Å². The molecular weight excluding hydrogens is 318 g/mol. The first kappa shape index (κ1) is 17.2. The highest BCUT2D eigenvalue weighted by molar-refractivity contribution is 7.13. The number of nitrogens with zero attached hydrogens (tertiary/aromatic N) is 2. The van der Waals surface area contributed by atoms with Crippen LogP contribution >= 0.6 is 11.3 Å². The highest BCUT2D eigenvalue weighted by Gasteiger charge is 2.15. The minimum absolute atomic E-state index is 0.0945. The van der Waals surface area contributed by atoms with Crippen LogP contribution in [-0.2, 0) is 0 Å². The Balaban J connectivity index is 2.25. The van der Waals surface area contributed by atoms with E-state index in [-0.39, 0.29) is 30.4 Å². The fourth-order valence-electron chi connectivity index (χ4n) is 1.67. The van der Waals surface area contributed by atoms with E-state index in [0.717, 1.165) is 0 Å². The number of aliphatic hydroxyl groups is 1. The van der Waals surface area contributed by atoms with E-state index in [9.17, 15) is 4.79 Å². The summed E-state index contributed by atoms with van der Waals surface area (Å²) in [5.74, 6) is 0.165. The quantitative estimate of drug-likeness (QED) is 0.805. The molecule has 0 aliphatic rings. The summed E-state index contributed by atoms with van der Waals surface area (Å²) in [6.45, 7) is 5.27. The Labute approximate surface area is 138 Å². The van der Waals surface area contributed by atoms with Crippen LogP contribution in [0.1, 0.15) is 31.1 Å². The van der Waals surface area contributed by atoms with Gasteiger partial charge in [0.25, 0.3) is 5.91 Å². The monoisotopic (exact) mass is 337 g/mol. The molecule has 2 rings (SSSR count). The number of rotatable bonds is 7. The number of hydrogen-bond donors (Lipinski definition) is 2. The van der Waals surface area contributed by atoms with E-state index in [2.05, 4.69) is 15.3 Å². The van der Waals surface area contributed by atoms with Crippen molar-refractivity contribution in [1.29, 1.82) is 0 Å². The van der Waals surface area contributed by atoms with Gasteiger partial charge in [-0.25, -0.2) is 4.98 Å². The molecule has 0 aliphatic carbocycles. The first-order valence-corrected chi connectivity index (χ1v) is 8.03.